The third-order valence-electron chi connectivity index (χ3n) is 3.34. The molecule has 0 amide bonds. The van der Waals surface area contributed by atoms with E-state index in [1.165, 1.54) is 6.26 Å². The molecule has 2 rings (SSSR count). The number of hydrogen-bond acceptors (Lipinski definition) is 4. The van der Waals surface area contributed by atoms with Crippen LogP contribution in [0.15, 0.2) is 52.0 Å². The SMILES string of the molecule is CCC(NC)c1cccc(S(=O)(=O)NCc2ccco2)c1. The van der Waals surface area contributed by atoms with Gasteiger partial charge in [0.05, 0.1) is 17.7 Å². The van der Waals surface area contributed by atoms with Gasteiger partial charge in [0.25, 0.3) is 0 Å². The van der Waals surface area contributed by atoms with Crippen LogP contribution < -0.4 is 10.0 Å². The van der Waals surface area contributed by atoms with Crippen LogP contribution in [0.2, 0.25) is 0 Å². The Kier molecular flexibility index (Phi) is 5.17. The van der Waals surface area contributed by atoms with E-state index in [2.05, 4.69) is 17.0 Å². The first kappa shape index (κ1) is 15.8. The van der Waals surface area contributed by atoms with E-state index in [1.807, 2.05) is 13.1 Å². The molecule has 2 aromatic rings. The van der Waals surface area contributed by atoms with E-state index in [0.29, 0.717) is 5.76 Å². The van der Waals surface area contributed by atoms with Crippen LogP contribution in [0.5, 0.6) is 0 Å². The van der Waals surface area contributed by atoms with Crippen LogP contribution in [0.25, 0.3) is 0 Å². The molecule has 1 aromatic heterocycles. The fourth-order valence-electron chi connectivity index (χ4n) is 2.17. The Balaban J connectivity index is 2.17. The van der Waals surface area contributed by atoms with Crippen LogP contribution in [-0.4, -0.2) is 15.5 Å². The fourth-order valence-corrected chi connectivity index (χ4v) is 3.22. The Hall–Kier alpha value is -1.63. The zero-order valence-electron chi connectivity index (χ0n) is 12.2. The third kappa shape index (κ3) is 3.93. The molecule has 1 heterocycles. The lowest BCUT2D eigenvalue weighted by Gasteiger charge is -2.15. The molecule has 2 N–H and O–H groups in total. The summed E-state index contributed by atoms with van der Waals surface area (Å²) in [7, 11) is -1.68. The summed E-state index contributed by atoms with van der Waals surface area (Å²) in [4.78, 5) is 0.264. The Morgan fingerprint density at radius 3 is 2.67 bits per heavy atom. The standard InChI is InChI=1S/C15H20N2O3S/c1-3-15(16-2)12-6-4-8-14(10-12)21(18,19)17-11-13-7-5-9-20-13/h4-10,15-17H,3,11H2,1-2H3. The van der Waals surface area contributed by atoms with E-state index in [0.717, 1.165) is 12.0 Å². The predicted molar refractivity (Wildman–Crippen MR) is 81.3 cm³/mol. The van der Waals surface area contributed by atoms with Gasteiger partial charge in [-0.25, -0.2) is 13.1 Å². The minimum Gasteiger partial charge on any atom is -0.468 e. The van der Waals surface area contributed by atoms with Gasteiger partial charge in [0.15, 0.2) is 0 Å². The van der Waals surface area contributed by atoms with E-state index >= 15 is 0 Å². The first-order chi connectivity index (χ1) is 10.1. The molecule has 0 spiro atoms. The predicted octanol–water partition coefficient (Wildman–Crippen LogP) is 2.43. The summed E-state index contributed by atoms with van der Waals surface area (Å²) in [6.45, 7) is 2.19. The van der Waals surface area contributed by atoms with Gasteiger partial charge in [-0.2, -0.15) is 0 Å². The molecule has 0 saturated heterocycles. The smallest absolute Gasteiger partial charge is 0.240 e. The average molecular weight is 308 g/mol. The second-order valence-corrected chi connectivity index (χ2v) is 6.49. The zero-order valence-corrected chi connectivity index (χ0v) is 13.0. The molecule has 0 aliphatic carbocycles. The Morgan fingerprint density at radius 1 is 1.24 bits per heavy atom. The van der Waals surface area contributed by atoms with E-state index in [9.17, 15) is 8.42 Å². The molecular weight excluding hydrogens is 288 g/mol. The Labute approximate surface area is 125 Å². The van der Waals surface area contributed by atoms with Gasteiger partial charge >= 0.3 is 0 Å². The van der Waals surface area contributed by atoms with Crippen LogP contribution in [0, 0.1) is 0 Å². The number of hydrogen-bond donors (Lipinski definition) is 2. The van der Waals surface area contributed by atoms with Crippen LogP contribution in [0.4, 0.5) is 0 Å². The fraction of sp³-hybridized carbons (Fsp3) is 0.333. The van der Waals surface area contributed by atoms with Crippen molar-refractivity contribution in [2.75, 3.05) is 7.05 Å². The molecule has 5 nitrogen and oxygen atoms in total. The maximum absolute atomic E-state index is 12.3. The van der Waals surface area contributed by atoms with Crippen LogP contribution in [0.3, 0.4) is 0 Å². The van der Waals surface area contributed by atoms with E-state index in [4.69, 9.17) is 4.42 Å². The van der Waals surface area contributed by atoms with Crippen molar-refractivity contribution in [1.29, 1.82) is 0 Å². The van der Waals surface area contributed by atoms with Crippen molar-refractivity contribution in [3.63, 3.8) is 0 Å². The number of nitrogens with one attached hydrogen (secondary N) is 2. The third-order valence-corrected chi connectivity index (χ3v) is 4.74. The summed E-state index contributed by atoms with van der Waals surface area (Å²) < 4.78 is 32.3. The van der Waals surface area contributed by atoms with Gasteiger partial charge in [-0.05, 0) is 43.3 Å². The molecule has 6 heteroatoms. The quantitative estimate of drug-likeness (QED) is 0.824. The van der Waals surface area contributed by atoms with Crippen molar-refractivity contribution in [2.45, 2.75) is 30.8 Å². The molecule has 1 aromatic carbocycles. The second kappa shape index (κ2) is 6.89. The molecule has 0 radical (unpaired) electrons. The molecule has 21 heavy (non-hydrogen) atoms. The maximum atomic E-state index is 12.3. The van der Waals surface area contributed by atoms with Crippen LogP contribution in [0.1, 0.15) is 30.7 Å². The van der Waals surface area contributed by atoms with Gasteiger partial charge in [0.1, 0.15) is 5.76 Å². The number of sulfonamides is 1. The summed E-state index contributed by atoms with van der Waals surface area (Å²) in [5, 5.41) is 3.17. The topological polar surface area (TPSA) is 71.3 Å². The monoisotopic (exact) mass is 308 g/mol. The highest BCUT2D eigenvalue weighted by Gasteiger charge is 2.16. The second-order valence-electron chi connectivity index (χ2n) is 4.73. The molecule has 1 unspecified atom stereocenters. The minimum atomic E-state index is -3.55. The molecule has 0 bridgehead atoms. The number of rotatable bonds is 7. The summed E-state index contributed by atoms with van der Waals surface area (Å²) in [5.74, 6) is 0.580. The van der Waals surface area contributed by atoms with Crippen molar-refractivity contribution in [1.82, 2.24) is 10.0 Å². The first-order valence-corrected chi connectivity index (χ1v) is 8.34. The number of furan rings is 1. The lowest BCUT2D eigenvalue weighted by molar-refractivity contribution is 0.498. The van der Waals surface area contributed by atoms with Gasteiger partial charge < -0.3 is 9.73 Å². The van der Waals surface area contributed by atoms with Gasteiger partial charge in [-0.15, -0.1) is 0 Å². The molecule has 0 aliphatic rings. The average Bonchev–Trinajstić information content (AvgIpc) is 3.00. The Bertz CT molecular complexity index is 662. The molecule has 0 aliphatic heterocycles. The lowest BCUT2D eigenvalue weighted by Crippen LogP contribution is -2.23. The van der Waals surface area contributed by atoms with E-state index in [-0.39, 0.29) is 17.5 Å². The highest BCUT2D eigenvalue weighted by Crippen LogP contribution is 2.20. The molecule has 0 saturated carbocycles. The van der Waals surface area contributed by atoms with Gasteiger partial charge in [0.2, 0.25) is 10.0 Å². The summed E-state index contributed by atoms with van der Waals surface area (Å²) in [6, 6.07) is 10.6. The van der Waals surface area contributed by atoms with Crippen molar-refractivity contribution in [2.24, 2.45) is 0 Å². The first-order valence-electron chi connectivity index (χ1n) is 6.86. The minimum absolute atomic E-state index is 0.142. The highest BCUT2D eigenvalue weighted by molar-refractivity contribution is 7.89. The summed E-state index contributed by atoms with van der Waals surface area (Å²) in [5.41, 5.74) is 0.959. The summed E-state index contributed by atoms with van der Waals surface area (Å²) in [6.07, 6.45) is 2.41. The van der Waals surface area contributed by atoms with Crippen molar-refractivity contribution >= 4 is 10.0 Å². The van der Waals surface area contributed by atoms with Gasteiger partial charge in [-0.3, -0.25) is 0 Å². The van der Waals surface area contributed by atoms with Crippen molar-refractivity contribution in [3.8, 4) is 0 Å². The van der Waals surface area contributed by atoms with Crippen LogP contribution >= 0.6 is 0 Å². The Morgan fingerprint density at radius 2 is 2.05 bits per heavy atom. The normalized spacial score (nSPS) is 13.2. The molecule has 114 valence electrons. The van der Waals surface area contributed by atoms with Gasteiger partial charge in [-0.1, -0.05) is 19.1 Å². The number of benzene rings is 1. The molecular formula is C15H20N2O3S. The molecule has 1 atom stereocenters. The summed E-state index contributed by atoms with van der Waals surface area (Å²) >= 11 is 0. The lowest BCUT2D eigenvalue weighted by atomic mass is 10.1. The zero-order chi connectivity index (χ0) is 15.3. The van der Waals surface area contributed by atoms with Gasteiger partial charge in [0, 0.05) is 6.04 Å². The van der Waals surface area contributed by atoms with E-state index in [1.54, 1.807) is 30.3 Å². The largest absolute Gasteiger partial charge is 0.468 e. The van der Waals surface area contributed by atoms with E-state index < -0.39 is 10.0 Å². The van der Waals surface area contributed by atoms with Crippen molar-refractivity contribution < 1.29 is 12.8 Å². The molecule has 0 fully saturated rings. The maximum Gasteiger partial charge on any atom is 0.240 e. The van der Waals surface area contributed by atoms with Crippen LogP contribution in [-0.2, 0) is 16.6 Å². The highest BCUT2D eigenvalue weighted by atomic mass is 32.2. The van der Waals surface area contributed by atoms with Crippen molar-refractivity contribution in [3.05, 3.63) is 54.0 Å².